The van der Waals surface area contributed by atoms with Crippen molar-refractivity contribution in [3.63, 3.8) is 0 Å². The molecule has 1 aromatic rings. The number of carbonyl (C=O) groups is 3. The number of urea groups is 1. The highest BCUT2D eigenvalue weighted by Crippen LogP contribution is 2.26. The molecule has 0 saturated carbocycles. The molecule has 3 aliphatic rings. The molecule has 248 valence electrons. The van der Waals surface area contributed by atoms with Crippen molar-refractivity contribution in [1.29, 1.82) is 0 Å². The Balaban J connectivity index is 0.000000317. The number of ether oxygens (including phenoxy) is 2. The number of nitrogens with one attached hydrogen (secondary N) is 1. The van der Waals surface area contributed by atoms with Crippen LogP contribution in [0.3, 0.4) is 0 Å². The van der Waals surface area contributed by atoms with Crippen molar-refractivity contribution in [2.45, 2.75) is 65.6 Å². The minimum absolute atomic E-state index is 0.134. The first-order chi connectivity index (χ1) is 20.5. The summed E-state index contributed by atoms with van der Waals surface area (Å²) in [5.41, 5.74) is -0.275. The number of likely N-dealkylation sites (tertiary alicyclic amines) is 2. The van der Waals surface area contributed by atoms with E-state index in [1.54, 1.807) is 32.9 Å². The fourth-order valence-corrected chi connectivity index (χ4v) is 5.52. The Morgan fingerprint density at radius 2 is 1.32 bits per heavy atom. The molecular weight excluding hydrogens is 609 g/mol. The lowest BCUT2D eigenvalue weighted by Crippen LogP contribution is -2.51. The molecule has 3 heterocycles. The lowest BCUT2D eigenvalue weighted by molar-refractivity contribution is 0.0273. The largest absolute Gasteiger partial charge is 0.444 e. The van der Waals surface area contributed by atoms with Crippen LogP contribution < -0.4 is 5.32 Å². The molecule has 2 N–H and O–H groups in total. The number of rotatable bonds is 4. The molecule has 0 bridgehead atoms. The smallest absolute Gasteiger partial charge is 0.410 e. The van der Waals surface area contributed by atoms with Crippen LogP contribution in [0.4, 0.5) is 20.1 Å². The Morgan fingerprint density at radius 1 is 0.795 bits per heavy atom. The van der Waals surface area contributed by atoms with E-state index in [0.717, 1.165) is 45.6 Å². The topological polar surface area (TPSA) is 115 Å². The minimum Gasteiger partial charge on any atom is -0.444 e. The summed E-state index contributed by atoms with van der Waals surface area (Å²) in [7, 11) is 0. The molecule has 0 radical (unpaired) electrons. The average Bonchev–Trinajstić information content (AvgIpc) is 3.60. The van der Waals surface area contributed by atoms with Gasteiger partial charge in [-0.1, -0.05) is 23.2 Å². The second-order valence-electron chi connectivity index (χ2n) is 13.7. The van der Waals surface area contributed by atoms with E-state index >= 15 is 0 Å². The number of carbonyl (C=O) groups excluding carboxylic acids is 3. The van der Waals surface area contributed by atoms with Crippen LogP contribution in [-0.2, 0) is 9.47 Å². The quantitative estimate of drug-likeness (QED) is 0.431. The maximum Gasteiger partial charge on any atom is 0.410 e. The summed E-state index contributed by atoms with van der Waals surface area (Å²) in [4.78, 5) is 43.9. The molecular formula is C31H49Cl2N5O6. The molecule has 4 amide bonds. The zero-order valence-corrected chi connectivity index (χ0v) is 28.4. The fourth-order valence-electron chi connectivity index (χ4n) is 5.22. The number of benzene rings is 1. The Labute approximate surface area is 271 Å². The van der Waals surface area contributed by atoms with Gasteiger partial charge in [-0.25, -0.2) is 14.4 Å². The van der Waals surface area contributed by atoms with Crippen molar-refractivity contribution in [2.75, 3.05) is 70.8 Å². The number of amides is 4. The molecule has 13 heteroatoms. The highest BCUT2D eigenvalue weighted by atomic mass is 35.5. The van der Waals surface area contributed by atoms with Crippen LogP contribution in [0.5, 0.6) is 0 Å². The van der Waals surface area contributed by atoms with Crippen molar-refractivity contribution in [3.8, 4) is 0 Å². The fraction of sp³-hybridized carbons (Fsp3) is 0.710. The van der Waals surface area contributed by atoms with Gasteiger partial charge in [0.25, 0.3) is 0 Å². The van der Waals surface area contributed by atoms with E-state index in [4.69, 9.17) is 37.8 Å². The number of piperazine rings is 1. The number of nitrogens with zero attached hydrogens (tertiary/aromatic N) is 4. The summed E-state index contributed by atoms with van der Waals surface area (Å²) in [5, 5.41) is 12.7. The number of anilines is 1. The van der Waals surface area contributed by atoms with E-state index in [1.807, 2.05) is 41.5 Å². The van der Waals surface area contributed by atoms with Gasteiger partial charge in [-0.05, 0) is 78.5 Å². The van der Waals surface area contributed by atoms with Crippen molar-refractivity contribution in [1.82, 2.24) is 19.6 Å². The zero-order valence-electron chi connectivity index (χ0n) is 26.9. The molecule has 2 atom stereocenters. The van der Waals surface area contributed by atoms with Gasteiger partial charge < -0.3 is 34.6 Å². The monoisotopic (exact) mass is 657 g/mol. The van der Waals surface area contributed by atoms with Crippen LogP contribution in [0.1, 0.15) is 54.4 Å². The van der Waals surface area contributed by atoms with Gasteiger partial charge in [-0.3, -0.25) is 4.90 Å². The van der Waals surface area contributed by atoms with Crippen LogP contribution in [0.15, 0.2) is 18.2 Å². The molecule has 1 aromatic carbocycles. The Morgan fingerprint density at radius 3 is 1.80 bits per heavy atom. The van der Waals surface area contributed by atoms with Crippen molar-refractivity contribution in [2.24, 2.45) is 11.8 Å². The van der Waals surface area contributed by atoms with Crippen LogP contribution >= 0.6 is 23.2 Å². The number of aliphatic hydroxyl groups is 1. The second kappa shape index (κ2) is 15.7. The van der Waals surface area contributed by atoms with E-state index in [1.165, 1.54) is 0 Å². The minimum atomic E-state index is -0.469. The third-order valence-corrected chi connectivity index (χ3v) is 8.22. The van der Waals surface area contributed by atoms with Gasteiger partial charge in [0.2, 0.25) is 0 Å². The molecule has 0 spiro atoms. The SMILES string of the molecule is CC(C)(C)OC(=O)N1CCC(CN2CCN(C(=O)Nc3ccc(Cl)c(Cl)c3)CC2)C1.CC(C)(C)OC(=O)N1CCC(CO)C1. The van der Waals surface area contributed by atoms with E-state index in [2.05, 4.69) is 10.2 Å². The summed E-state index contributed by atoms with van der Waals surface area (Å²) in [6.07, 6.45) is 1.36. The first kappa shape index (κ1) is 36.0. The van der Waals surface area contributed by atoms with Gasteiger partial charge in [0.05, 0.1) is 10.0 Å². The van der Waals surface area contributed by atoms with Gasteiger partial charge in [-0.2, -0.15) is 0 Å². The summed E-state index contributed by atoms with van der Waals surface area (Å²) < 4.78 is 10.7. The lowest BCUT2D eigenvalue weighted by atomic mass is 10.1. The normalized spacial score (nSPS) is 21.1. The summed E-state index contributed by atoms with van der Waals surface area (Å²) in [6, 6.07) is 4.91. The van der Waals surface area contributed by atoms with Gasteiger partial charge >= 0.3 is 18.2 Å². The molecule has 3 aliphatic heterocycles. The highest BCUT2D eigenvalue weighted by Gasteiger charge is 2.32. The van der Waals surface area contributed by atoms with Crippen molar-refractivity contribution >= 4 is 47.1 Å². The third kappa shape index (κ3) is 11.8. The van der Waals surface area contributed by atoms with Crippen molar-refractivity contribution < 1.29 is 29.0 Å². The Hall–Kier alpha value is -2.47. The Bertz CT molecular complexity index is 1130. The third-order valence-electron chi connectivity index (χ3n) is 7.48. The molecule has 11 nitrogen and oxygen atoms in total. The van der Waals surface area contributed by atoms with Gasteiger partial charge in [0.15, 0.2) is 0 Å². The molecule has 0 aliphatic carbocycles. The van der Waals surface area contributed by atoms with Crippen LogP contribution in [-0.4, -0.2) is 120 Å². The van der Waals surface area contributed by atoms with E-state index in [9.17, 15) is 14.4 Å². The molecule has 3 saturated heterocycles. The zero-order chi connectivity index (χ0) is 32.7. The maximum absolute atomic E-state index is 12.5. The first-order valence-corrected chi connectivity index (χ1v) is 16.1. The summed E-state index contributed by atoms with van der Waals surface area (Å²) in [5.74, 6) is 0.664. The summed E-state index contributed by atoms with van der Waals surface area (Å²) in [6.45, 7) is 18.0. The van der Waals surface area contributed by atoms with Gasteiger partial charge in [0.1, 0.15) is 11.2 Å². The summed E-state index contributed by atoms with van der Waals surface area (Å²) >= 11 is 11.9. The number of hydrogen-bond acceptors (Lipinski definition) is 7. The molecule has 3 fully saturated rings. The standard InChI is InChI=1S/C21H30Cl2N4O3.C10H19NO3/c1-21(2,3)30-20(29)27-7-6-15(14-27)13-25-8-10-26(11-9-25)19(28)24-16-4-5-17(22)18(23)12-16;1-10(2,3)14-9(13)11-5-4-8(6-11)7-12/h4-5,12,15H,6-11,13-14H2,1-3H3,(H,24,28);8,12H,4-7H2,1-3H3. The number of hydrogen-bond donors (Lipinski definition) is 2. The van der Waals surface area contributed by atoms with E-state index in [0.29, 0.717) is 47.8 Å². The lowest BCUT2D eigenvalue weighted by Gasteiger charge is -2.35. The molecule has 4 rings (SSSR count). The predicted molar refractivity (Wildman–Crippen MR) is 172 cm³/mol. The van der Waals surface area contributed by atoms with Crippen LogP contribution in [0.2, 0.25) is 10.0 Å². The first-order valence-electron chi connectivity index (χ1n) is 15.3. The van der Waals surface area contributed by atoms with E-state index in [-0.39, 0.29) is 30.7 Å². The molecule has 0 aromatic heterocycles. The number of aliphatic hydroxyl groups excluding tert-OH is 1. The second-order valence-corrected chi connectivity index (χ2v) is 14.5. The van der Waals surface area contributed by atoms with E-state index < -0.39 is 11.2 Å². The van der Waals surface area contributed by atoms with Crippen LogP contribution in [0, 0.1) is 11.8 Å². The van der Waals surface area contributed by atoms with Gasteiger partial charge in [-0.15, -0.1) is 0 Å². The van der Waals surface area contributed by atoms with Gasteiger partial charge in [0, 0.05) is 77.1 Å². The molecule has 44 heavy (non-hydrogen) atoms. The highest BCUT2D eigenvalue weighted by molar-refractivity contribution is 6.42. The van der Waals surface area contributed by atoms with Crippen LogP contribution in [0.25, 0.3) is 0 Å². The Kier molecular flexibility index (Phi) is 12.8. The average molecular weight is 659 g/mol. The number of halogens is 2. The maximum atomic E-state index is 12.5. The van der Waals surface area contributed by atoms with Crippen molar-refractivity contribution in [3.05, 3.63) is 28.2 Å². The molecule has 2 unspecified atom stereocenters. The predicted octanol–water partition coefficient (Wildman–Crippen LogP) is 5.64.